The summed E-state index contributed by atoms with van der Waals surface area (Å²) in [5, 5.41) is 11.3. The van der Waals surface area contributed by atoms with E-state index in [1.807, 2.05) is 0 Å². The Morgan fingerprint density at radius 2 is 2.14 bits per heavy atom. The van der Waals surface area contributed by atoms with Gasteiger partial charge in [-0.2, -0.15) is 0 Å². The Labute approximate surface area is 126 Å². The first-order chi connectivity index (χ1) is 10.4. The van der Waals surface area contributed by atoms with E-state index >= 15 is 0 Å². The summed E-state index contributed by atoms with van der Waals surface area (Å²) in [4.78, 5) is 35.9. The zero-order valence-corrected chi connectivity index (χ0v) is 12.1. The van der Waals surface area contributed by atoms with Crippen molar-refractivity contribution >= 4 is 23.5 Å². The Bertz CT molecular complexity index is 605. The molecule has 2 amide bonds. The van der Waals surface area contributed by atoms with Crippen molar-refractivity contribution in [3.05, 3.63) is 30.1 Å². The lowest BCUT2D eigenvalue weighted by molar-refractivity contribution is -0.141. The van der Waals surface area contributed by atoms with Crippen molar-refractivity contribution in [2.75, 3.05) is 18.0 Å². The second-order valence-electron chi connectivity index (χ2n) is 5.34. The molecule has 1 aliphatic rings. The Balaban J connectivity index is 1.99. The molecule has 2 atom stereocenters. The van der Waals surface area contributed by atoms with Crippen LogP contribution in [0, 0.1) is 17.7 Å². The Morgan fingerprint density at radius 3 is 2.77 bits per heavy atom. The molecule has 1 aromatic carbocycles. The van der Waals surface area contributed by atoms with Gasteiger partial charge >= 0.3 is 5.97 Å². The number of para-hydroxylation sites is 1. The molecule has 2 rings (SSSR count). The topological polar surface area (TPSA) is 86.7 Å². The van der Waals surface area contributed by atoms with Crippen molar-refractivity contribution in [1.29, 1.82) is 0 Å². The summed E-state index contributed by atoms with van der Waals surface area (Å²) >= 11 is 0. The third kappa shape index (κ3) is 3.41. The number of carbonyl (C=O) groups is 3. The number of carboxylic acid groups (broad SMARTS) is 1. The second kappa shape index (κ2) is 6.55. The molecule has 22 heavy (non-hydrogen) atoms. The molecule has 1 heterocycles. The Hall–Kier alpha value is -2.44. The Morgan fingerprint density at radius 1 is 1.45 bits per heavy atom. The van der Waals surface area contributed by atoms with Gasteiger partial charge in [0.15, 0.2) is 0 Å². The van der Waals surface area contributed by atoms with Crippen LogP contribution in [-0.2, 0) is 14.4 Å². The maximum Gasteiger partial charge on any atom is 0.308 e. The fourth-order valence-corrected chi connectivity index (χ4v) is 2.27. The maximum absolute atomic E-state index is 13.7. The highest BCUT2D eigenvalue weighted by atomic mass is 19.1. The number of benzene rings is 1. The molecule has 6 nitrogen and oxygen atoms in total. The molecule has 1 fully saturated rings. The van der Waals surface area contributed by atoms with Gasteiger partial charge in [-0.25, -0.2) is 4.39 Å². The van der Waals surface area contributed by atoms with E-state index in [1.165, 1.54) is 30.0 Å². The second-order valence-corrected chi connectivity index (χ2v) is 5.34. The van der Waals surface area contributed by atoms with Gasteiger partial charge in [0, 0.05) is 19.5 Å². The molecular formula is C15H17FN2O4. The lowest BCUT2D eigenvalue weighted by Gasteiger charge is -2.17. The van der Waals surface area contributed by atoms with Crippen molar-refractivity contribution in [3.8, 4) is 0 Å². The van der Waals surface area contributed by atoms with Gasteiger partial charge in [-0.15, -0.1) is 0 Å². The molecular weight excluding hydrogens is 291 g/mol. The van der Waals surface area contributed by atoms with Crippen LogP contribution in [-0.4, -0.2) is 36.0 Å². The minimum atomic E-state index is -1.00. The van der Waals surface area contributed by atoms with E-state index in [9.17, 15) is 18.8 Å². The van der Waals surface area contributed by atoms with Crippen LogP contribution in [0.25, 0.3) is 0 Å². The van der Waals surface area contributed by atoms with Gasteiger partial charge < -0.3 is 15.3 Å². The number of hydrogen-bond acceptors (Lipinski definition) is 3. The molecule has 2 unspecified atom stereocenters. The predicted octanol–water partition coefficient (Wildman–Crippen LogP) is 1.02. The fourth-order valence-electron chi connectivity index (χ4n) is 2.27. The van der Waals surface area contributed by atoms with Crippen molar-refractivity contribution < 1.29 is 23.9 Å². The first-order valence-corrected chi connectivity index (χ1v) is 6.95. The number of rotatable bonds is 5. The number of nitrogens with zero attached hydrogens (tertiary/aromatic N) is 1. The number of amides is 2. The SMILES string of the molecule is CC(CNC(=O)C1CC(=O)N(c2ccccc2F)C1)C(=O)O. The molecule has 7 heteroatoms. The number of nitrogens with one attached hydrogen (secondary N) is 1. The van der Waals surface area contributed by atoms with Gasteiger partial charge in [-0.3, -0.25) is 14.4 Å². The van der Waals surface area contributed by atoms with E-state index in [1.54, 1.807) is 6.07 Å². The molecule has 1 aliphatic heterocycles. The minimum absolute atomic E-state index is 0.00143. The first kappa shape index (κ1) is 15.9. The van der Waals surface area contributed by atoms with E-state index in [0.717, 1.165) is 0 Å². The van der Waals surface area contributed by atoms with Gasteiger partial charge in [0.25, 0.3) is 0 Å². The van der Waals surface area contributed by atoms with E-state index < -0.39 is 23.6 Å². The summed E-state index contributed by atoms with van der Waals surface area (Å²) in [6.45, 7) is 1.57. The highest BCUT2D eigenvalue weighted by molar-refractivity contribution is 6.00. The predicted molar refractivity (Wildman–Crippen MR) is 76.7 cm³/mol. The highest BCUT2D eigenvalue weighted by Crippen LogP contribution is 2.27. The molecule has 0 spiro atoms. The highest BCUT2D eigenvalue weighted by Gasteiger charge is 2.36. The molecule has 1 aromatic rings. The lowest BCUT2D eigenvalue weighted by atomic mass is 10.1. The smallest absolute Gasteiger partial charge is 0.308 e. The molecule has 0 bridgehead atoms. The third-order valence-corrected chi connectivity index (χ3v) is 3.64. The summed E-state index contributed by atoms with van der Waals surface area (Å²) in [6.07, 6.45) is -0.0123. The number of aliphatic carboxylic acids is 1. The molecule has 0 radical (unpaired) electrons. The molecule has 2 N–H and O–H groups in total. The van der Waals surface area contributed by atoms with E-state index in [2.05, 4.69) is 5.32 Å². The van der Waals surface area contributed by atoms with Gasteiger partial charge in [-0.05, 0) is 12.1 Å². The van der Waals surface area contributed by atoms with Crippen LogP contribution < -0.4 is 10.2 Å². The van der Waals surface area contributed by atoms with Crippen LogP contribution >= 0.6 is 0 Å². The largest absolute Gasteiger partial charge is 0.481 e. The number of carboxylic acids is 1. The van der Waals surface area contributed by atoms with Crippen LogP contribution in [0.1, 0.15) is 13.3 Å². The van der Waals surface area contributed by atoms with Crippen LogP contribution in [0.4, 0.5) is 10.1 Å². The van der Waals surface area contributed by atoms with Crippen molar-refractivity contribution in [3.63, 3.8) is 0 Å². The summed E-state index contributed by atoms with van der Waals surface area (Å²) in [5.41, 5.74) is 0.154. The summed E-state index contributed by atoms with van der Waals surface area (Å²) in [5.74, 6) is -3.54. The zero-order chi connectivity index (χ0) is 16.3. The van der Waals surface area contributed by atoms with Gasteiger partial charge in [0.2, 0.25) is 11.8 Å². The van der Waals surface area contributed by atoms with Gasteiger partial charge in [0.05, 0.1) is 17.5 Å². The molecule has 118 valence electrons. The van der Waals surface area contributed by atoms with Gasteiger partial charge in [-0.1, -0.05) is 19.1 Å². The van der Waals surface area contributed by atoms with Crippen LogP contribution in [0.5, 0.6) is 0 Å². The molecule has 0 aromatic heterocycles. The first-order valence-electron chi connectivity index (χ1n) is 6.95. The number of hydrogen-bond donors (Lipinski definition) is 2. The molecule has 0 saturated carbocycles. The minimum Gasteiger partial charge on any atom is -0.481 e. The fraction of sp³-hybridized carbons (Fsp3) is 0.400. The standard InChI is InChI=1S/C15H17FN2O4/c1-9(15(21)22)7-17-14(20)10-6-13(19)18(8-10)12-5-3-2-4-11(12)16/h2-5,9-10H,6-8H2,1H3,(H,17,20)(H,21,22). The quantitative estimate of drug-likeness (QED) is 0.850. The number of halogens is 1. The van der Waals surface area contributed by atoms with E-state index in [4.69, 9.17) is 5.11 Å². The average Bonchev–Trinajstić information content (AvgIpc) is 2.86. The van der Waals surface area contributed by atoms with Crippen LogP contribution in [0.3, 0.4) is 0 Å². The summed E-state index contributed by atoms with van der Waals surface area (Å²) in [7, 11) is 0. The third-order valence-electron chi connectivity index (χ3n) is 3.64. The van der Waals surface area contributed by atoms with Crippen molar-refractivity contribution in [2.45, 2.75) is 13.3 Å². The van der Waals surface area contributed by atoms with Crippen molar-refractivity contribution in [2.24, 2.45) is 11.8 Å². The average molecular weight is 308 g/mol. The normalized spacial score (nSPS) is 19.1. The zero-order valence-electron chi connectivity index (χ0n) is 12.1. The van der Waals surface area contributed by atoms with Crippen LogP contribution in [0.2, 0.25) is 0 Å². The van der Waals surface area contributed by atoms with Gasteiger partial charge in [0.1, 0.15) is 5.82 Å². The lowest BCUT2D eigenvalue weighted by Crippen LogP contribution is -2.37. The summed E-state index contributed by atoms with van der Waals surface area (Å²) < 4.78 is 13.7. The van der Waals surface area contributed by atoms with Crippen LogP contribution in [0.15, 0.2) is 24.3 Å². The number of anilines is 1. The molecule has 0 aliphatic carbocycles. The summed E-state index contributed by atoms with van der Waals surface area (Å²) in [6, 6.07) is 5.88. The molecule has 1 saturated heterocycles. The van der Waals surface area contributed by atoms with E-state index in [0.29, 0.717) is 0 Å². The monoisotopic (exact) mass is 308 g/mol. The van der Waals surface area contributed by atoms with E-state index in [-0.39, 0.29) is 37.0 Å². The Kier molecular flexibility index (Phi) is 4.75. The van der Waals surface area contributed by atoms with Crippen molar-refractivity contribution in [1.82, 2.24) is 5.32 Å². The number of carbonyl (C=O) groups excluding carboxylic acids is 2. The maximum atomic E-state index is 13.7.